The molecule has 2 aromatic carbocycles. The first kappa shape index (κ1) is 21.1. The molecule has 1 aliphatic heterocycles. The lowest BCUT2D eigenvalue weighted by molar-refractivity contribution is -0.125. The van der Waals surface area contributed by atoms with E-state index in [4.69, 9.17) is 11.6 Å². The summed E-state index contributed by atoms with van der Waals surface area (Å²) in [5.41, 5.74) is 3.11. The molecule has 1 aromatic heterocycles. The van der Waals surface area contributed by atoms with Gasteiger partial charge in [-0.3, -0.25) is 9.59 Å². The molecule has 5 nitrogen and oxygen atoms in total. The first-order valence-corrected chi connectivity index (χ1v) is 11.9. The van der Waals surface area contributed by atoms with Crippen molar-refractivity contribution in [1.29, 1.82) is 0 Å². The molecule has 2 heterocycles. The van der Waals surface area contributed by atoms with E-state index in [9.17, 15) is 9.59 Å². The van der Waals surface area contributed by atoms with E-state index >= 15 is 0 Å². The van der Waals surface area contributed by atoms with E-state index in [1.165, 1.54) is 12.8 Å². The number of hydrogen-bond acceptors (Lipinski definition) is 3. The third-order valence-electron chi connectivity index (χ3n) is 6.82. The molecule has 5 rings (SSSR count). The Morgan fingerprint density at radius 1 is 1.03 bits per heavy atom. The maximum Gasteiger partial charge on any atom is 0.272 e. The number of rotatable bonds is 4. The number of aromatic amines is 1. The third-order valence-corrected chi connectivity index (χ3v) is 7.06. The number of aromatic nitrogens is 1. The number of nitrogens with one attached hydrogen (secondary N) is 2. The quantitative estimate of drug-likeness (QED) is 0.580. The number of fused-ring (bicyclic) bond motifs is 1. The van der Waals surface area contributed by atoms with Crippen LogP contribution in [-0.2, 0) is 4.79 Å². The van der Waals surface area contributed by atoms with Gasteiger partial charge >= 0.3 is 0 Å². The topological polar surface area (TPSA) is 65.2 Å². The SMILES string of the molecule is O=C(NC1CCCC1)[C@H]1CCCN(c2c(-c3ccccc3)c3cc(Cl)ccc3[nH]c2=O)C1. The normalized spacial score (nSPS) is 19.4. The predicted molar refractivity (Wildman–Crippen MR) is 130 cm³/mol. The summed E-state index contributed by atoms with van der Waals surface area (Å²) in [6, 6.07) is 15.8. The van der Waals surface area contributed by atoms with Gasteiger partial charge in [-0.2, -0.15) is 0 Å². The molecule has 1 amide bonds. The summed E-state index contributed by atoms with van der Waals surface area (Å²) < 4.78 is 0. The van der Waals surface area contributed by atoms with Gasteiger partial charge in [-0.15, -0.1) is 0 Å². The summed E-state index contributed by atoms with van der Waals surface area (Å²) in [7, 11) is 0. The Kier molecular flexibility index (Phi) is 5.92. The number of carbonyl (C=O) groups is 1. The van der Waals surface area contributed by atoms with Crippen LogP contribution in [0.15, 0.2) is 53.3 Å². The van der Waals surface area contributed by atoms with Gasteiger partial charge in [0.1, 0.15) is 5.69 Å². The average Bonchev–Trinajstić information content (AvgIpc) is 3.32. The van der Waals surface area contributed by atoms with Gasteiger partial charge in [0.2, 0.25) is 5.91 Å². The highest BCUT2D eigenvalue weighted by Crippen LogP contribution is 2.37. The summed E-state index contributed by atoms with van der Waals surface area (Å²) in [4.78, 5) is 31.5. The Balaban J connectivity index is 1.55. The van der Waals surface area contributed by atoms with Crippen LogP contribution in [0.5, 0.6) is 0 Å². The highest BCUT2D eigenvalue weighted by Gasteiger charge is 2.31. The highest BCUT2D eigenvalue weighted by molar-refractivity contribution is 6.31. The summed E-state index contributed by atoms with van der Waals surface area (Å²) in [6.07, 6.45) is 6.27. The van der Waals surface area contributed by atoms with Crippen molar-refractivity contribution < 1.29 is 4.79 Å². The molecule has 32 heavy (non-hydrogen) atoms. The van der Waals surface area contributed by atoms with Gasteiger partial charge in [0.05, 0.1) is 5.92 Å². The van der Waals surface area contributed by atoms with Crippen LogP contribution in [0.25, 0.3) is 22.0 Å². The molecule has 2 fully saturated rings. The average molecular weight is 450 g/mol. The smallest absolute Gasteiger partial charge is 0.272 e. The lowest BCUT2D eigenvalue weighted by Gasteiger charge is -2.35. The van der Waals surface area contributed by atoms with E-state index in [1.54, 1.807) is 6.07 Å². The number of amides is 1. The van der Waals surface area contributed by atoms with Gasteiger partial charge in [-0.05, 0) is 49.4 Å². The lowest BCUT2D eigenvalue weighted by Crippen LogP contribution is -2.46. The van der Waals surface area contributed by atoms with E-state index in [0.717, 1.165) is 54.3 Å². The van der Waals surface area contributed by atoms with Crippen molar-refractivity contribution in [2.45, 2.75) is 44.6 Å². The number of anilines is 1. The predicted octanol–water partition coefficient (Wildman–Crippen LogP) is 5.12. The van der Waals surface area contributed by atoms with E-state index in [-0.39, 0.29) is 17.4 Å². The molecule has 1 atom stereocenters. The Morgan fingerprint density at radius 2 is 1.81 bits per heavy atom. The number of H-pyrrole nitrogens is 1. The zero-order valence-electron chi connectivity index (χ0n) is 18.1. The largest absolute Gasteiger partial charge is 0.366 e. The molecule has 3 aromatic rings. The fourth-order valence-corrected chi connectivity index (χ4v) is 5.41. The maximum atomic E-state index is 13.3. The molecule has 1 saturated carbocycles. The summed E-state index contributed by atoms with van der Waals surface area (Å²) >= 11 is 6.34. The van der Waals surface area contributed by atoms with Crippen molar-refractivity contribution in [2.75, 3.05) is 18.0 Å². The van der Waals surface area contributed by atoms with E-state index in [0.29, 0.717) is 23.3 Å². The van der Waals surface area contributed by atoms with Gasteiger partial charge in [0.25, 0.3) is 5.56 Å². The van der Waals surface area contributed by atoms with Gasteiger partial charge in [0, 0.05) is 40.6 Å². The molecule has 0 radical (unpaired) electrons. The van der Waals surface area contributed by atoms with Crippen LogP contribution >= 0.6 is 11.6 Å². The van der Waals surface area contributed by atoms with Crippen LogP contribution in [0.1, 0.15) is 38.5 Å². The molecule has 166 valence electrons. The second kappa shape index (κ2) is 8.99. The Morgan fingerprint density at radius 3 is 2.59 bits per heavy atom. The van der Waals surface area contributed by atoms with E-state index in [1.807, 2.05) is 42.5 Å². The number of benzene rings is 2. The van der Waals surface area contributed by atoms with Crippen molar-refractivity contribution in [3.63, 3.8) is 0 Å². The number of piperidine rings is 1. The molecule has 6 heteroatoms. The molecular weight excluding hydrogens is 422 g/mol. The van der Waals surface area contributed by atoms with E-state index < -0.39 is 0 Å². The second-order valence-corrected chi connectivity index (χ2v) is 9.45. The van der Waals surface area contributed by atoms with Crippen molar-refractivity contribution in [1.82, 2.24) is 10.3 Å². The first-order valence-electron chi connectivity index (χ1n) is 11.6. The Hall–Kier alpha value is -2.79. The lowest BCUT2D eigenvalue weighted by atomic mass is 9.93. The third kappa shape index (κ3) is 4.14. The molecule has 2 N–H and O–H groups in total. The molecule has 0 bridgehead atoms. The summed E-state index contributed by atoms with van der Waals surface area (Å²) in [5.74, 6) is 0.0190. The van der Waals surface area contributed by atoms with E-state index in [2.05, 4.69) is 15.2 Å². The monoisotopic (exact) mass is 449 g/mol. The molecule has 0 unspecified atom stereocenters. The van der Waals surface area contributed by atoms with Crippen molar-refractivity contribution in [3.8, 4) is 11.1 Å². The summed E-state index contributed by atoms with van der Waals surface area (Å²) in [6.45, 7) is 1.30. The van der Waals surface area contributed by atoms with Crippen molar-refractivity contribution >= 4 is 34.1 Å². The van der Waals surface area contributed by atoms with Crippen LogP contribution in [-0.4, -0.2) is 30.0 Å². The van der Waals surface area contributed by atoms with Gasteiger partial charge in [-0.1, -0.05) is 54.8 Å². The van der Waals surface area contributed by atoms with Crippen LogP contribution < -0.4 is 15.8 Å². The number of pyridine rings is 1. The standard InChI is InChI=1S/C26H28ClN3O2/c27-19-12-13-22-21(15-19)23(17-7-2-1-3-8-17)24(26(32)29-22)30-14-6-9-18(16-30)25(31)28-20-10-4-5-11-20/h1-3,7-8,12-13,15,18,20H,4-6,9-11,14,16H2,(H,28,31)(H,29,32)/t18-/m0/s1. The second-order valence-electron chi connectivity index (χ2n) is 9.01. The molecule has 1 aliphatic carbocycles. The minimum Gasteiger partial charge on any atom is -0.366 e. The number of nitrogens with zero attached hydrogens (tertiary/aromatic N) is 1. The molecule has 1 saturated heterocycles. The zero-order valence-corrected chi connectivity index (χ0v) is 18.8. The fraction of sp³-hybridized carbons (Fsp3) is 0.385. The maximum absolute atomic E-state index is 13.3. The first-order chi connectivity index (χ1) is 15.6. The molecule has 0 spiro atoms. The number of halogens is 1. The highest BCUT2D eigenvalue weighted by atomic mass is 35.5. The van der Waals surface area contributed by atoms with Crippen LogP contribution in [0.3, 0.4) is 0 Å². The minimum absolute atomic E-state index is 0.109. The minimum atomic E-state index is -0.129. The van der Waals surface area contributed by atoms with Crippen LogP contribution in [0, 0.1) is 5.92 Å². The van der Waals surface area contributed by atoms with Crippen molar-refractivity contribution in [3.05, 3.63) is 63.9 Å². The molecular formula is C26H28ClN3O2. The van der Waals surface area contributed by atoms with Crippen LogP contribution in [0.2, 0.25) is 5.02 Å². The summed E-state index contributed by atoms with van der Waals surface area (Å²) in [5, 5.41) is 4.79. The van der Waals surface area contributed by atoms with Gasteiger partial charge in [-0.25, -0.2) is 0 Å². The van der Waals surface area contributed by atoms with Crippen molar-refractivity contribution in [2.24, 2.45) is 5.92 Å². The van der Waals surface area contributed by atoms with Gasteiger partial charge < -0.3 is 15.2 Å². The Bertz CT molecular complexity index is 1180. The zero-order chi connectivity index (χ0) is 22.1. The molecule has 2 aliphatic rings. The fourth-order valence-electron chi connectivity index (χ4n) is 5.24. The number of hydrogen-bond donors (Lipinski definition) is 2. The Labute approximate surface area is 192 Å². The number of carbonyl (C=O) groups excluding carboxylic acids is 1. The van der Waals surface area contributed by atoms with Gasteiger partial charge in [0.15, 0.2) is 0 Å². The van der Waals surface area contributed by atoms with Crippen LogP contribution in [0.4, 0.5) is 5.69 Å².